The fourth-order valence-corrected chi connectivity index (χ4v) is 7.89. The molecule has 2 atom stereocenters. The van der Waals surface area contributed by atoms with E-state index >= 15 is 0 Å². The highest BCUT2D eigenvalue weighted by molar-refractivity contribution is 7.89. The van der Waals surface area contributed by atoms with Gasteiger partial charge in [0.15, 0.2) is 6.10 Å². The standard InChI is InChI=1S/C32H37N3O5S/c1-22-18-23(2)30(24(3)19-22)41(38,39)34-17-9-12-26(20-34)32(37)35-21-29(40-28-14-8-7-13-27(28)35)31(36)33-16-15-25-10-5-4-6-11-25/h4-8,10-11,13-14,18-19,26,29H,9,12,15-17,20-21H2,1-3H3,(H,33,36)/t26-,29+/m1/s1. The van der Waals surface area contributed by atoms with Crippen LogP contribution in [0.25, 0.3) is 0 Å². The van der Waals surface area contributed by atoms with Crippen LogP contribution in [-0.2, 0) is 26.0 Å². The third kappa shape index (κ3) is 6.16. The summed E-state index contributed by atoms with van der Waals surface area (Å²) >= 11 is 0. The van der Waals surface area contributed by atoms with E-state index in [9.17, 15) is 18.0 Å². The van der Waals surface area contributed by atoms with Gasteiger partial charge in [-0.15, -0.1) is 0 Å². The van der Waals surface area contributed by atoms with Gasteiger partial charge in [-0.2, -0.15) is 4.31 Å². The van der Waals surface area contributed by atoms with E-state index in [1.54, 1.807) is 23.1 Å². The first-order valence-corrected chi connectivity index (χ1v) is 15.6. The Kier molecular flexibility index (Phi) is 8.47. The van der Waals surface area contributed by atoms with Gasteiger partial charge in [0, 0.05) is 19.6 Å². The molecule has 0 bridgehead atoms. The number of amides is 2. The van der Waals surface area contributed by atoms with E-state index in [1.165, 1.54) is 4.31 Å². The Morgan fingerprint density at radius 1 is 0.951 bits per heavy atom. The molecule has 1 saturated heterocycles. The van der Waals surface area contributed by atoms with Crippen LogP contribution < -0.4 is 15.0 Å². The van der Waals surface area contributed by atoms with Crippen molar-refractivity contribution in [2.45, 2.75) is 51.0 Å². The molecule has 0 saturated carbocycles. The van der Waals surface area contributed by atoms with Crippen LogP contribution in [0.4, 0.5) is 5.69 Å². The van der Waals surface area contributed by atoms with E-state index in [4.69, 9.17) is 4.74 Å². The number of nitrogens with one attached hydrogen (secondary N) is 1. The van der Waals surface area contributed by atoms with Crippen molar-refractivity contribution in [1.29, 1.82) is 0 Å². The fraction of sp³-hybridized carbons (Fsp3) is 0.375. The Bertz CT molecular complexity index is 1520. The molecular weight excluding hydrogens is 538 g/mol. The SMILES string of the molecule is Cc1cc(C)c(S(=O)(=O)N2CCC[C@@H](C(=O)N3C[C@@H](C(=O)NCCc4ccccc4)Oc4ccccc43)C2)c(C)c1. The number of piperidine rings is 1. The molecule has 3 aromatic rings. The van der Waals surface area contributed by atoms with E-state index in [1.807, 2.05) is 69.3 Å². The number of ether oxygens (including phenoxy) is 1. The quantitative estimate of drug-likeness (QED) is 0.456. The number of hydrogen-bond donors (Lipinski definition) is 1. The van der Waals surface area contributed by atoms with Crippen LogP contribution >= 0.6 is 0 Å². The lowest BCUT2D eigenvalue weighted by atomic mass is 9.97. The zero-order valence-corrected chi connectivity index (χ0v) is 24.6. The van der Waals surface area contributed by atoms with Gasteiger partial charge in [0.1, 0.15) is 5.75 Å². The summed E-state index contributed by atoms with van der Waals surface area (Å²) in [6.07, 6.45) is 0.968. The summed E-state index contributed by atoms with van der Waals surface area (Å²) in [6, 6.07) is 20.8. The lowest BCUT2D eigenvalue weighted by Gasteiger charge is -2.38. The Morgan fingerprint density at radius 2 is 1.63 bits per heavy atom. The van der Waals surface area contributed by atoms with Crippen LogP contribution in [0.15, 0.2) is 71.6 Å². The zero-order chi connectivity index (χ0) is 29.1. The highest BCUT2D eigenvalue weighted by atomic mass is 32.2. The van der Waals surface area contributed by atoms with Gasteiger partial charge in [-0.05, 0) is 68.9 Å². The Morgan fingerprint density at radius 3 is 2.37 bits per heavy atom. The Labute approximate surface area is 242 Å². The molecule has 2 amide bonds. The van der Waals surface area contributed by atoms with Gasteiger partial charge in [-0.3, -0.25) is 9.59 Å². The second-order valence-corrected chi connectivity index (χ2v) is 12.9. The molecule has 2 aliphatic rings. The topological polar surface area (TPSA) is 96.0 Å². The van der Waals surface area contributed by atoms with Gasteiger partial charge < -0.3 is 15.0 Å². The van der Waals surface area contributed by atoms with Crippen molar-refractivity contribution in [3.8, 4) is 5.75 Å². The highest BCUT2D eigenvalue weighted by Gasteiger charge is 2.40. The molecule has 1 N–H and O–H groups in total. The fourth-order valence-electron chi connectivity index (χ4n) is 5.95. The molecule has 2 heterocycles. The summed E-state index contributed by atoms with van der Waals surface area (Å²) in [6.45, 7) is 6.55. The van der Waals surface area contributed by atoms with Crippen molar-refractivity contribution in [2.24, 2.45) is 5.92 Å². The molecular formula is C32H37N3O5S. The molecule has 41 heavy (non-hydrogen) atoms. The van der Waals surface area contributed by atoms with Crippen molar-refractivity contribution >= 4 is 27.5 Å². The minimum Gasteiger partial charge on any atom is -0.477 e. The average Bonchev–Trinajstić information content (AvgIpc) is 2.96. The van der Waals surface area contributed by atoms with Crippen LogP contribution in [0.3, 0.4) is 0 Å². The number of benzene rings is 3. The first kappa shape index (κ1) is 28.8. The van der Waals surface area contributed by atoms with E-state index in [2.05, 4.69) is 5.32 Å². The minimum absolute atomic E-state index is 0.0619. The van der Waals surface area contributed by atoms with Crippen molar-refractivity contribution in [2.75, 3.05) is 31.1 Å². The molecule has 216 valence electrons. The van der Waals surface area contributed by atoms with Crippen LogP contribution in [0.5, 0.6) is 5.75 Å². The maximum atomic E-state index is 14.0. The molecule has 9 heteroatoms. The summed E-state index contributed by atoms with van der Waals surface area (Å²) in [4.78, 5) is 29.0. The van der Waals surface area contributed by atoms with Crippen molar-refractivity contribution in [1.82, 2.24) is 9.62 Å². The molecule has 0 spiro atoms. The number of fused-ring (bicyclic) bond motifs is 1. The first-order chi connectivity index (χ1) is 19.6. The normalized spacial score (nSPS) is 19.2. The van der Waals surface area contributed by atoms with Gasteiger partial charge in [0.2, 0.25) is 15.9 Å². The van der Waals surface area contributed by atoms with Crippen LogP contribution in [0.1, 0.15) is 35.1 Å². The Hall–Kier alpha value is -3.69. The number of carbonyl (C=O) groups excluding carboxylic acids is 2. The summed E-state index contributed by atoms with van der Waals surface area (Å²) in [7, 11) is -3.78. The van der Waals surface area contributed by atoms with Gasteiger partial charge in [0.05, 0.1) is 23.0 Å². The van der Waals surface area contributed by atoms with Crippen molar-refractivity contribution < 1.29 is 22.7 Å². The number of carbonyl (C=O) groups is 2. The largest absolute Gasteiger partial charge is 0.477 e. The summed E-state index contributed by atoms with van der Waals surface area (Å²) in [5.74, 6) is -0.550. The third-order valence-electron chi connectivity index (χ3n) is 7.82. The molecule has 3 aromatic carbocycles. The van der Waals surface area contributed by atoms with Gasteiger partial charge in [-0.25, -0.2) is 8.42 Å². The number of rotatable bonds is 7. The number of hydrogen-bond acceptors (Lipinski definition) is 5. The van der Waals surface area contributed by atoms with Gasteiger partial charge in [-0.1, -0.05) is 60.2 Å². The molecule has 1 fully saturated rings. The number of para-hydroxylation sites is 2. The molecule has 0 aromatic heterocycles. The number of anilines is 1. The van der Waals surface area contributed by atoms with Gasteiger partial charge in [0.25, 0.3) is 5.91 Å². The molecule has 2 aliphatic heterocycles. The molecule has 0 aliphatic carbocycles. The van der Waals surface area contributed by atoms with E-state index in [-0.39, 0.29) is 24.9 Å². The first-order valence-electron chi connectivity index (χ1n) is 14.1. The number of aryl methyl sites for hydroxylation is 3. The summed E-state index contributed by atoms with van der Waals surface area (Å²) in [5, 5.41) is 2.94. The van der Waals surface area contributed by atoms with E-state index in [0.29, 0.717) is 59.8 Å². The van der Waals surface area contributed by atoms with E-state index < -0.39 is 22.0 Å². The lowest BCUT2D eigenvalue weighted by Crippen LogP contribution is -2.54. The maximum absolute atomic E-state index is 14.0. The second kappa shape index (κ2) is 12.0. The van der Waals surface area contributed by atoms with Crippen molar-refractivity contribution in [3.05, 3.63) is 89.0 Å². The van der Waals surface area contributed by atoms with Crippen molar-refractivity contribution in [3.63, 3.8) is 0 Å². The third-order valence-corrected chi connectivity index (χ3v) is 10.00. The lowest BCUT2D eigenvalue weighted by molar-refractivity contribution is -0.129. The van der Waals surface area contributed by atoms with Crippen LogP contribution in [0, 0.1) is 26.7 Å². The molecule has 0 unspecified atom stereocenters. The smallest absolute Gasteiger partial charge is 0.262 e. The Balaban J connectivity index is 1.32. The zero-order valence-electron chi connectivity index (χ0n) is 23.8. The highest BCUT2D eigenvalue weighted by Crippen LogP contribution is 2.36. The number of nitrogens with zero attached hydrogens (tertiary/aromatic N) is 2. The van der Waals surface area contributed by atoms with E-state index in [0.717, 1.165) is 11.1 Å². The summed E-state index contributed by atoms with van der Waals surface area (Å²) < 4.78 is 35.0. The summed E-state index contributed by atoms with van der Waals surface area (Å²) in [5.41, 5.74) is 4.14. The van der Waals surface area contributed by atoms with Crippen LogP contribution in [-0.4, -0.2) is 56.8 Å². The van der Waals surface area contributed by atoms with Crippen LogP contribution in [0.2, 0.25) is 0 Å². The molecule has 5 rings (SSSR count). The molecule has 0 radical (unpaired) electrons. The maximum Gasteiger partial charge on any atom is 0.262 e. The second-order valence-electron chi connectivity index (χ2n) is 11.0. The monoisotopic (exact) mass is 575 g/mol. The van der Waals surface area contributed by atoms with Gasteiger partial charge >= 0.3 is 0 Å². The number of sulfonamides is 1. The average molecular weight is 576 g/mol. The predicted molar refractivity (Wildman–Crippen MR) is 159 cm³/mol. The minimum atomic E-state index is -3.78. The molecule has 8 nitrogen and oxygen atoms in total. The predicted octanol–water partition coefficient (Wildman–Crippen LogP) is 4.17.